The van der Waals surface area contributed by atoms with Gasteiger partial charge >= 0.3 is 0 Å². The van der Waals surface area contributed by atoms with Crippen molar-refractivity contribution in [2.75, 3.05) is 0 Å². The fraction of sp³-hybridized carbons (Fsp3) is 0.0714. The summed E-state index contributed by atoms with van der Waals surface area (Å²) in [5.41, 5.74) is 3.56. The van der Waals surface area contributed by atoms with Crippen LogP contribution in [0.4, 0.5) is 0 Å². The highest BCUT2D eigenvalue weighted by molar-refractivity contribution is 5.88. The first-order valence-corrected chi connectivity index (χ1v) is 5.40. The Bertz CT molecular complexity index is 678. The molecule has 0 atom stereocenters. The summed E-state index contributed by atoms with van der Waals surface area (Å²) < 4.78 is 7.24. The fourth-order valence-corrected chi connectivity index (χ4v) is 2.05. The number of nitrogens with zero attached hydrogens (tertiary/aromatic N) is 1. The number of aromatic nitrogens is 1. The lowest BCUT2D eigenvalue weighted by atomic mass is 10.2. The van der Waals surface area contributed by atoms with Crippen LogP contribution in [0.25, 0.3) is 16.8 Å². The molecule has 3 aromatic heterocycles. The third-order valence-corrected chi connectivity index (χ3v) is 2.85. The lowest BCUT2D eigenvalue weighted by Crippen LogP contribution is -1.92. The number of rotatable bonds is 2. The molecule has 0 N–H and O–H groups in total. The molecule has 0 saturated heterocycles. The first-order chi connectivity index (χ1) is 8.29. The van der Waals surface area contributed by atoms with E-state index in [2.05, 4.69) is 0 Å². The molecule has 0 aliphatic carbocycles. The van der Waals surface area contributed by atoms with Crippen LogP contribution in [0.3, 0.4) is 0 Å². The Morgan fingerprint density at radius 1 is 1.29 bits per heavy atom. The van der Waals surface area contributed by atoms with Crippen molar-refractivity contribution in [1.82, 2.24) is 4.40 Å². The van der Waals surface area contributed by atoms with Gasteiger partial charge in [-0.25, -0.2) is 0 Å². The number of pyridine rings is 1. The van der Waals surface area contributed by atoms with Crippen molar-refractivity contribution in [2.45, 2.75) is 6.92 Å². The molecule has 0 aromatic carbocycles. The number of furan rings is 1. The SMILES string of the molecule is Cc1ccc2cc(-c3ccco3)c(C=O)n2c1. The quantitative estimate of drug-likeness (QED) is 0.627. The highest BCUT2D eigenvalue weighted by Crippen LogP contribution is 2.27. The van der Waals surface area contributed by atoms with Crippen LogP contribution in [0.2, 0.25) is 0 Å². The van der Waals surface area contributed by atoms with Gasteiger partial charge in [0.05, 0.1) is 12.0 Å². The first kappa shape index (κ1) is 9.90. The molecule has 0 amide bonds. The van der Waals surface area contributed by atoms with Gasteiger partial charge in [0.25, 0.3) is 0 Å². The van der Waals surface area contributed by atoms with Crippen LogP contribution in [0, 0.1) is 6.92 Å². The predicted molar refractivity (Wildman–Crippen MR) is 65.2 cm³/mol. The van der Waals surface area contributed by atoms with Crippen LogP contribution in [0.1, 0.15) is 16.1 Å². The molecule has 3 heterocycles. The van der Waals surface area contributed by atoms with E-state index in [1.165, 1.54) is 0 Å². The number of aldehydes is 1. The Balaban J connectivity index is 2.36. The molecule has 3 heteroatoms. The van der Waals surface area contributed by atoms with Crippen LogP contribution in [0.5, 0.6) is 0 Å². The molecule has 0 unspecified atom stereocenters. The monoisotopic (exact) mass is 225 g/mol. The summed E-state index contributed by atoms with van der Waals surface area (Å²) in [6.07, 6.45) is 4.42. The molecule has 17 heavy (non-hydrogen) atoms. The van der Waals surface area contributed by atoms with Crippen LogP contribution >= 0.6 is 0 Å². The third-order valence-electron chi connectivity index (χ3n) is 2.85. The molecular weight excluding hydrogens is 214 g/mol. The van der Waals surface area contributed by atoms with E-state index in [9.17, 15) is 4.79 Å². The second kappa shape index (κ2) is 3.63. The maximum absolute atomic E-state index is 11.2. The van der Waals surface area contributed by atoms with Crippen molar-refractivity contribution in [3.05, 3.63) is 54.0 Å². The molecule has 0 bridgehead atoms. The summed E-state index contributed by atoms with van der Waals surface area (Å²) in [6.45, 7) is 2.00. The molecule has 0 spiro atoms. The largest absolute Gasteiger partial charge is 0.464 e. The number of hydrogen-bond donors (Lipinski definition) is 0. The van der Waals surface area contributed by atoms with Gasteiger partial charge < -0.3 is 8.82 Å². The molecule has 3 rings (SSSR count). The molecule has 0 aliphatic heterocycles. The van der Waals surface area contributed by atoms with Gasteiger partial charge in [-0.1, -0.05) is 6.07 Å². The standard InChI is InChI=1S/C14H11NO2/c1-10-4-5-11-7-12(14-3-2-6-17-14)13(9-16)15(11)8-10/h2-9H,1H3. The molecular formula is C14H11NO2. The van der Waals surface area contributed by atoms with Crippen molar-refractivity contribution in [3.63, 3.8) is 0 Å². The summed E-state index contributed by atoms with van der Waals surface area (Å²) in [4.78, 5) is 11.2. The minimum absolute atomic E-state index is 0.624. The van der Waals surface area contributed by atoms with E-state index in [1.807, 2.05) is 47.9 Å². The van der Waals surface area contributed by atoms with Crippen LogP contribution in [-0.2, 0) is 0 Å². The van der Waals surface area contributed by atoms with Gasteiger partial charge in [0.1, 0.15) is 5.76 Å². The van der Waals surface area contributed by atoms with Gasteiger partial charge in [0.2, 0.25) is 0 Å². The Morgan fingerprint density at radius 3 is 2.88 bits per heavy atom. The average Bonchev–Trinajstić information content (AvgIpc) is 2.94. The lowest BCUT2D eigenvalue weighted by molar-refractivity contribution is 0.111. The molecule has 84 valence electrons. The van der Waals surface area contributed by atoms with Crippen molar-refractivity contribution in [3.8, 4) is 11.3 Å². The first-order valence-electron chi connectivity index (χ1n) is 5.40. The second-order valence-electron chi connectivity index (χ2n) is 4.04. The number of aryl methyl sites for hydroxylation is 1. The predicted octanol–water partition coefficient (Wildman–Crippen LogP) is 3.32. The van der Waals surface area contributed by atoms with E-state index in [-0.39, 0.29) is 0 Å². The average molecular weight is 225 g/mol. The summed E-state index contributed by atoms with van der Waals surface area (Å²) >= 11 is 0. The molecule has 0 saturated carbocycles. The lowest BCUT2D eigenvalue weighted by Gasteiger charge is -1.99. The number of hydrogen-bond acceptors (Lipinski definition) is 2. The Hall–Kier alpha value is -2.29. The van der Waals surface area contributed by atoms with E-state index in [0.717, 1.165) is 22.9 Å². The molecule has 0 aliphatic rings. The van der Waals surface area contributed by atoms with E-state index in [4.69, 9.17) is 4.42 Å². The number of fused-ring (bicyclic) bond motifs is 1. The van der Waals surface area contributed by atoms with Gasteiger partial charge in [0.15, 0.2) is 6.29 Å². The molecule has 0 radical (unpaired) electrons. The van der Waals surface area contributed by atoms with E-state index in [0.29, 0.717) is 11.5 Å². The van der Waals surface area contributed by atoms with Gasteiger partial charge in [-0.15, -0.1) is 0 Å². The van der Waals surface area contributed by atoms with Crippen molar-refractivity contribution < 1.29 is 9.21 Å². The van der Waals surface area contributed by atoms with Crippen LogP contribution in [0.15, 0.2) is 47.2 Å². The second-order valence-corrected chi connectivity index (χ2v) is 4.04. The smallest absolute Gasteiger partial charge is 0.167 e. The number of carbonyl (C=O) groups is 1. The minimum atomic E-state index is 0.624. The zero-order valence-electron chi connectivity index (χ0n) is 9.38. The summed E-state index contributed by atoms with van der Waals surface area (Å²) in [6, 6.07) is 9.65. The molecule has 0 fully saturated rings. The summed E-state index contributed by atoms with van der Waals surface area (Å²) in [7, 11) is 0. The van der Waals surface area contributed by atoms with Crippen molar-refractivity contribution >= 4 is 11.8 Å². The topological polar surface area (TPSA) is 34.6 Å². The van der Waals surface area contributed by atoms with Crippen LogP contribution < -0.4 is 0 Å². The number of carbonyl (C=O) groups excluding carboxylic acids is 1. The summed E-state index contributed by atoms with van der Waals surface area (Å²) in [5.74, 6) is 0.716. The Labute approximate surface area is 98.3 Å². The Kier molecular flexibility index (Phi) is 2.11. The van der Waals surface area contributed by atoms with Gasteiger partial charge in [0, 0.05) is 17.3 Å². The third kappa shape index (κ3) is 1.47. The zero-order valence-corrected chi connectivity index (χ0v) is 9.38. The van der Waals surface area contributed by atoms with Crippen LogP contribution in [-0.4, -0.2) is 10.7 Å². The van der Waals surface area contributed by atoms with Gasteiger partial charge in [-0.05, 0) is 36.8 Å². The van der Waals surface area contributed by atoms with E-state index in [1.54, 1.807) is 6.26 Å². The highest BCUT2D eigenvalue weighted by atomic mass is 16.3. The van der Waals surface area contributed by atoms with Crippen molar-refractivity contribution in [2.24, 2.45) is 0 Å². The van der Waals surface area contributed by atoms with Gasteiger partial charge in [-0.2, -0.15) is 0 Å². The van der Waals surface area contributed by atoms with Gasteiger partial charge in [-0.3, -0.25) is 4.79 Å². The fourth-order valence-electron chi connectivity index (χ4n) is 2.05. The highest BCUT2D eigenvalue weighted by Gasteiger charge is 2.13. The van der Waals surface area contributed by atoms with Crippen molar-refractivity contribution in [1.29, 1.82) is 0 Å². The maximum Gasteiger partial charge on any atom is 0.167 e. The molecule has 3 aromatic rings. The van der Waals surface area contributed by atoms with E-state index >= 15 is 0 Å². The normalized spacial score (nSPS) is 10.9. The summed E-state index contributed by atoms with van der Waals surface area (Å²) in [5, 5.41) is 0. The molecule has 3 nitrogen and oxygen atoms in total. The maximum atomic E-state index is 11.2. The zero-order chi connectivity index (χ0) is 11.8. The Morgan fingerprint density at radius 2 is 2.18 bits per heavy atom. The minimum Gasteiger partial charge on any atom is -0.464 e. The van der Waals surface area contributed by atoms with E-state index < -0.39 is 0 Å².